The average Bonchev–Trinajstić information content (AvgIpc) is 3.01. The van der Waals surface area contributed by atoms with E-state index >= 15 is 0 Å². The topological polar surface area (TPSA) is 65.1 Å². The maximum Gasteiger partial charge on any atom is 0.338 e. The summed E-state index contributed by atoms with van der Waals surface area (Å²) in [5.74, 6) is 0.725. The van der Waals surface area contributed by atoms with Crippen LogP contribution in [0.15, 0.2) is 42.5 Å². The Bertz CT molecular complexity index is 806. The van der Waals surface area contributed by atoms with Gasteiger partial charge in [-0.05, 0) is 42.5 Å². The average molecular weight is 376 g/mol. The van der Waals surface area contributed by atoms with Gasteiger partial charge in [-0.3, -0.25) is 4.79 Å². The first-order chi connectivity index (χ1) is 12.5. The fourth-order valence-corrected chi connectivity index (χ4v) is 2.54. The van der Waals surface area contributed by atoms with E-state index in [4.69, 9.17) is 25.8 Å². The highest BCUT2D eigenvalue weighted by atomic mass is 35.5. The van der Waals surface area contributed by atoms with Crippen LogP contribution in [0.3, 0.4) is 0 Å². The van der Waals surface area contributed by atoms with E-state index in [1.807, 2.05) is 0 Å². The molecule has 0 saturated heterocycles. The molecule has 0 saturated carbocycles. The molecule has 7 heteroatoms. The Morgan fingerprint density at radius 3 is 2.65 bits per heavy atom. The number of ether oxygens (including phenoxy) is 3. The maximum atomic E-state index is 12.1. The van der Waals surface area contributed by atoms with Crippen LogP contribution in [0.2, 0.25) is 5.02 Å². The van der Waals surface area contributed by atoms with E-state index in [1.54, 1.807) is 49.5 Å². The molecule has 2 aromatic carbocycles. The molecular formula is C19H18ClNO5. The zero-order valence-electron chi connectivity index (χ0n) is 14.2. The van der Waals surface area contributed by atoms with Gasteiger partial charge < -0.3 is 19.1 Å². The first-order valence-corrected chi connectivity index (χ1v) is 8.46. The lowest BCUT2D eigenvalue weighted by Gasteiger charge is -2.18. The molecule has 26 heavy (non-hydrogen) atoms. The van der Waals surface area contributed by atoms with Crippen LogP contribution in [0.1, 0.15) is 15.9 Å². The van der Waals surface area contributed by atoms with Crippen molar-refractivity contribution < 1.29 is 23.8 Å². The van der Waals surface area contributed by atoms with E-state index in [0.29, 0.717) is 35.2 Å². The molecule has 1 aliphatic heterocycles. The molecular weight excluding hydrogens is 358 g/mol. The van der Waals surface area contributed by atoms with E-state index in [0.717, 1.165) is 5.56 Å². The molecule has 2 aromatic rings. The number of likely N-dealkylation sites (N-methyl/N-ethyl adjacent to an activating group) is 1. The minimum atomic E-state index is -0.331. The number of cyclic esters (lactones) is 1. The van der Waals surface area contributed by atoms with E-state index < -0.39 is 0 Å². The highest BCUT2D eigenvalue weighted by molar-refractivity contribution is 6.30. The summed E-state index contributed by atoms with van der Waals surface area (Å²) in [7, 11) is 1.69. The van der Waals surface area contributed by atoms with Crippen molar-refractivity contribution in [3.63, 3.8) is 0 Å². The minimum absolute atomic E-state index is 0.0922. The predicted molar refractivity (Wildman–Crippen MR) is 95.6 cm³/mol. The number of halogens is 1. The molecule has 0 fully saturated rings. The number of carbonyl (C=O) groups excluding carboxylic acids is 2. The molecule has 0 aromatic heterocycles. The fourth-order valence-electron chi connectivity index (χ4n) is 2.41. The summed E-state index contributed by atoms with van der Waals surface area (Å²) >= 11 is 5.82. The second-order valence-electron chi connectivity index (χ2n) is 5.80. The van der Waals surface area contributed by atoms with Gasteiger partial charge in [-0.25, -0.2) is 4.79 Å². The number of nitrogens with zero attached hydrogens (tertiary/aromatic N) is 1. The Balaban J connectivity index is 1.43. The highest BCUT2D eigenvalue weighted by Crippen LogP contribution is 2.24. The van der Waals surface area contributed by atoms with E-state index in [9.17, 15) is 9.59 Å². The van der Waals surface area contributed by atoms with Gasteiger partial charge in [-0.15, -0.1) is 0 Å². The van der Waals surface area contributed by atoms with Crippen molar-refractivity contribution in [2.24, 2.45) is 0 Å². The normalized spacial score (nSPS) is 12.3. The van der Waals surface area contributed by atoms with Gasteiger partial charge in [0.15, 0.2) is 6.61 Å². The van der Waals surface area contributed by atoms with Crippen LogP contribution in [-0.2, 0) is 16.1 Å². The zero-order valence-corrected chi connectivity index (χ0v) is 15.0. The maximum absolute atomic E-state index is 12.1. The number of hydrogen-bond donors (Lipinski definition) is 0. The fraction of sp³-hybridized carbons (Fsp3) is 0.263. The monoisotopic (exact) mass is 375 g/mol. The van der Waals surface area contributed by atoms with Crippen molar-refractivity contribution in [2.75, 3.05) is 26.8 Å². The SMILES string of the molecule is CN(CCOc1ccc(Cl)cc1)C(=O)COc1ccc2c(c1)COC2=O. The number of carbonyl (C=O) groups is 2. The summed E-state index contributed by atoms with van der Waals surface area (Å²) in [5, 5.41) is 0.643. The van der Waals surface area contributed by atoms with E-state index in [-0.39, 0.29) is 25.1 Å². The minimum Gasteiger partial charge on any atom is -0.492 e. The van der Waals surface area contributed by atoms with E-state index in [1.165, 1.54) is 4.90 Å². The molecule has 3 rings (SSSR count). The molecule has 136 valence electrons. The largest absolute Gasteiger partial charge is 0.492 e. The standard InChI is InChI=1S/C19H18ClNO5/c1-21(8-9-24-15-4-2-14(20)3-5-15)18(22)12-25-16-6-7-17-13(10-16)11-26-19(17)23/h2-7,10H,8-9,11-12H2,1H3. The third-order valence-corrected chi connectivity index (χ3v) is 4.20. The molecule has 0 unspecified atom stereocenters. The lowest BCUT2D eigenvalue weighted by molar-refractivity contribution is -0.132. The highest BCUT2D eigenvalue weighted by Gasteiger charge is 2.21. The van der Waals surface area contributed by atoms with Crippen molar-refractivity contribution in [2.45, 2.75) is 6.61 Å². The molecule has 0 spiro atoms. The smallest absolute Gasteiger partial charge is 0.338 e. The number of hydrogen-bond acceptors (Lipinski definition) is 5. The summed E-state index contributed by atoms with van der Waals surface area (Å²) in [4.78, 5) is 25.1. The van der Waals surface area contributed by atoms with Gasteiger partial charge in [0.2, 0.25) is 0 Å². The van der Waals surface area contributed by atoms with Gasteiger partial charge >= 0.3 is 5.97 Å². The van der Waals surface area contributed by atoms with Crippen LogP contribution in [0, 0.1) is 0 Å². The van der Waals surface area contributed by atoms with Gasteiger partial charge in [0.1, 0.15) is 24.7 Å². The third kappa shape index (κ3) is 4.46. The van der Waals surface area contributed by atoms with Gasteiger partial charge in [-0.1, -0.05) is 11.6 Å². The first-order valence-electron chi connectivity index (χ1n) is 8.08. The Labute approximate surface area is 156 Å². The van der Waals surface area contributed by atoms with Gasteiger partial charge in [0, 0.05) is 17.6 Å². The second kappa shape index (κ2) is 8.10. The Hall–Kier alpha value is -2.73. The summed E-state index contributed by atoms with van der Waals surface area (Å²) in [6.45, 7) is 0.936. The van der Waals surface area contributed by atoms with Gasteiger partial charge in [-0.2, -0.15) is 0 Å². The third-order valence-electron chi connectivity index (χ3n) is 3.95. The zero-order chi connectivity index (χ0) is 18.5. The molecule has 0 atom stereocenters. The summed E-state index contributed by atoms with van der Waals surface area (Å²) in [5.41, 5.74) is 1.31. The van der Waals surface area contributed by atoms with Crippen molar-refractivity contribution in [1.29, 1.82) is 0 Å². The van der Waals surface area contributed by atoms with Crippen LogP contribution < -0.4 is 9.47 Å². The Morgan fingerprint density at radius 2 is 1.88 bits per heavy atom. The van der Waals surface area contributed by atoms with Crippen LogP contribution in [0.4, 0.5) is 0 Å². The van der Waals surface area contributed by atoms with Crippen molar-refractivity contribution >= 4 is 23.5 Å². The quantitative estimate of drug-likeness (QED) is 0.696. The number of benzene rings is 2. The van der Waals surface area contributed by atoms with Crippen LogP contribution in [0.25, 0.3) is 0 Å². The first kappa shape index (κ1) is 18.1. The van der Waals surface area contributed by atoms with Crippen molar-refractivity contribution in [3.05, 3.63) is 58.6 Å². The molecule has 0 radical (unpaired) electrons. The summed E-state index contributed by atoms with van der Waals surface area (Å²) < 4.78 is 16.0. The number of amides is 1. The molecule has 0 bridgehead atoms. The van der Waals surface area contributed by atoms with Gasteiger partial charge in [0.05, 0.1) is 12.1 Å². The molecule has 1 heterocycles. The molecule has 1 aliphatic rings. The van der Waals surface area contributed by atoms with Crippen LogP contribution in [-0.4, -0.2) is 43.6 Å². The molecule has 0 N–H and O–H groups in total. The number of fused-ring (bicyclic) bond motifs is 1. The summed E-state index contributed by atoms with van der Waals surface area (Å²) in [6.07, 6.45) is 0. The van der Waals surface area contributed by atoms with Crippen molar-refractivity contribution in [3.8, 4) is 11.5 Å². The Kier molecular flexibility index (Phi) is 5.63. The number of rotatable bonds is 7. The van der Waals surface area contributed by atoms with Crippen molar-refractivity contribution in [1.82, 2.24) is 4.90 Å². The lowest BCUT2D eigenvalue weighted by atomic mass is 10.1. The second-order valence-corrected chi connectivity index (χ2v) is 6.24. The summed E-state index contributed by atoms with van der Waals surface area (Å²) in [6, 6.07) is 12.1. The predicted octanol–water partition coefficient (Wildman–Crippen LogP) is 2.93. The lowest BCUT2D eigenvalue weighted by Crippen LogP contribution is -2.34. The Morgan fingerprint density at radius 1 is 1.15 bits per heavy atom. The molecule has 6 nitrogen and oxygen atoms in total. The molecule has 0 aliphatic carbocycles. The van der Waals surface area contributed by atoms with E-state index in [2.05, 4.69) is 0 Å². The van der Waals surface area contributed by atoms with Gasteiger partial charge in [0.25, 0.3) is 5.91 Å². The van der Waals surface area contributed by atoms with Crippen LogP contribution in [0.5, 0.6) is 11.5 Å². The molecule has 1 amide bonds. The van der Waals surface area contributed by atoms with Crippen LogP contribution >= 0.6 is 11.6 Å². The number of esters is 1.